The molecule has 0 unspecified atom stereocenters. The van der Waals surface area contributed by atoms with Crippen LogP contribution >= 0.6 is 0 Å². The van der Waals surface area contributed by atoms with Gasteiger partial charge in [0.15, 0.2) is 5.69 Å². The Morgan fingerprint density at radius 2 is 1.92 bits per heavy atom. The quantitative estimate of drug-likeness (QED) is 0.466. The standard InChI is InChI=1S/C18H13N7O/c19-17(26)15-12-5-6-14-13(9-22-23-14)16(12)25(24-15)11-3-1-10(2-4-11)18-20-7-8-21-18/h1-9H,(H2,19,26)(H,20,21)(H,22,23). The highest BCUT2D eigenvalue weighted by Crippen LogP contribution is 2.29. The molecule has 0 saturated carbocycles. The van der Waals surface area contributed by atoms with Crippen molar-refractivity contribution in [2.24, 2.45) is 5.73 Å². The second-order valence-electron chi connectivity index (χ2n) is 5.90. The number of imidazole rings is 1. The summed E-state index contributed by atoms with van der Waals surface area (Å²) >= 11 is 0. The molecule has 0 radical (unpaired) electrons. The van der Waals surface area contributed by atoms with Gasteiger partial charge in [0.2, 0.25) is 0 Å². The summed E-state index contributed by atoms with van der Waals surface area (Å²) in [6.45, 7) is 0. The number of benzene rings is 2. The minimum absolute atomic E-state index is 0.234. The van der Waals surface area contributed by atoms with Crippen molar-refractivity contribution in [2.45, 2.75) is 0 Å². The lowest BCUT2D eigenvalue weighted by Crippen LogP contribution is -2.12. The average Bonchev–Trinajstić information content (AvgIpc) is 3.39. The lowest BCUT2D eigenvalue weighted by molar-refractivity contribution is 0.0996. The number of rotatable bonds is 3. The van der Waals surface area contributed by atoms with Crippen LogP contribution in [0.4, 0.5) is 0 Å². The summed E-state index contributed by atoms with van der Waals surface area (Å²) in [5, 5.41) is 13.1. The number of hydrogen-bond acceptors (Lipinski definition) is 4. The van der Waals surface area contributed by atoms with Gasteiger partial charge in [0.25, 0.3) is 5.91 Å². The van der Waals surface area contributed by atoms with Crippen LogP contribution < -0.4 is 5.73 Å². The normalized spacial score (nSPS) is 11.4. The predicted octanol–water partition coefficient (Wildman–Crippen LogP) is 2.39. The Hall–Kier alpha value is -3.94. The van der Waals surface area contributed by atoms with Gasteiger partial charge in [-0.15, -0.1) is 0 Å². The Morgan fingerprint density at radius 1 is 1.08 bits per heavy atom. The van der Waals surface area contributed by atoms with E-state index in [2.05, 4.69) is 25.3 Å². The SMILES string of the molecule is NC(=O)c1nn(-c2ccc(-c3ncc[nH]3)cc2)c2c1ccc1[nH]ncc12. The fourth-order valence-corrected chi connectivity index (χ4v) is 3.18. The van der Waals surface area contributed by atoms with E-state index in [1.807, 2.05) is 36.4 Å². The summed E-state index contributed by atoms with van der Waals surface area (Å²) in [4.78, 5) is 19.2. The van der Waals surface area contributed by atoms with Crippen LogP contribution in [0, 0.1) is 0 Å². The van der Waals surface area contributed by atoms with Crippen molar-refractivity contribution in [3.63, 3.8) is 0 Å². The van der Waals surface area contributed by atoms with Crippen molar-refractivity contribution in [2.75, 3.05) is 0 Å². The number of hydrogen-bond donors (Lipinski definition) is 3. The van der Waals surface area contributed by atoms with E-state index in [1.165, 1.54) is 0 Å². The first-order chi connectivity index (χ1) is 12.7. The largest absolute Gasteiger partial charge is 0.364 e. The summed E-state index contributed by atoms with van der Waals surface area (Å²) in [6.07, 6.45) is 5.20. The maximum atomic E-state index is 11.9. The van der Waals surface area contributed by atoms with Crippen molar-refractivity contribution in [3.05, 3.63) is 60.7 Å². The molecule has 1 amide bonds. The molecule has 4 N–H and O–H groups in total. The van der Waals surface area contributed by atoms with Gasteiger partial charge in [0, 0.05) is 28.7 Å². The third kappa shape index (κ3) is 2.02. The molecule has 0 atom stereocenters. The molecule has 0 aliphatic carbocycles. The van der Waals surface area contributed by atoms with Gasteiger partial charge in [-0.25, -0.2) is 9.67 Å². The first-order valence-corrected chi connectivity index (χ1v) is 7.97. The number of nitrogens with one attached hydrogen (secondary N) is 2. The number of aromatic nitrogens is 6. The van der Waals surface area contributed by atoms with Crippen molar-refractivity contribution in [1.82, 2.24) is 29.9 Å². The Balaban J connectivity index is 1.75. The number of primary amides is 1. The van der Waals surface area contributed by atoms with E-state index in [0.717, 1.165) is 33.5 Å². The number of H-pyrrole nitrogens is 2. The van der Waals surface area contributed by atoms with Gasteiger partial charge in [0.1, 0.15) is 5.82 Å². The van der Waals surface area contributed by atoms with Crippen LogP contribution in [0.2, 0.25) is 0 Å². The molecule has 3 heterocycles. The van der Waals surface area contributed by atoms with Gasteiger partial charge in [-0.2, -0.15) is 10.2 Å². The van der Waals surface area contributed by atoms with Crippen molar-refractivity contribution in [1.29, 1.82) is 0 Å². The molecule has 5 rings (SSSR count). The maximum Gasteiger partial charge on any atom is 0.269 e. The van der Waals surface area contributed by atoms with Gasteiger partial charge in [0.05, 0.1) is 22.9 Å². The van der Waals surface area contributed by atoms with Crippen molar-refractivity contribution >= 4 is 27.7 Å². The molecule has 0 aliphatic heterocycles. The molecule has 26 heavy (non-hydrogen) atoms. The van der Waals surface area contributed by atoms with Crippen LogP contribution in [0.15, 0.2) is 55.0 Å². The number of carbonyl (C=O) groups is 1. The third-order valence-electron chi connectivity index (χ3n) is 4.38. The molecule has 8 nitrogen and oxygen atoms in total. The molecule has 0 bridgehead atoms. The summed E-state index contributed by atoms with van der Waals surface area (Å²) in [6, 6.07) is 11.4. The Bertz CT molecular complexity index is 1250. The average molecular weight is 343 g/mol. The zero-order valence-electron chi connectivity index (χ0n) is 13.5. The van der Waals surface area contributed by atoms with E-state index >= 15 is 0 Å². The molecule has 5 aromatic rings. The topological polar surface area (TPSA) is 118 Å². The number of fused-ring (bicyclic) bond motifs is 3. The highest BCUT2D eigenvalue weighted by molar-refractivity contribution is 6.12. The van der Waals surface area contributed by atoms with Gasteiger partial charge in [-0.1, -0.05) is 0 Å². The lowest BCUT2D eigenvalue weighted by Gasteiger charge is -2.05. The lowest BCUT2D eigenvalue weighted by atomic mass is 10.1. The second kappa shape index (κ2) is 5.28. The van der Waals surface area contributed by atoms with E-state index in [1.54, 1.807) is 23.3 Å². The molecular weight excluding hydrogens is 330 g/mol. The number of aromatic amines is 2. The van der Waals surface area contributed by atoms with Crippen LogP contribution in [0.25, 0.3) is 38.9 Å². The van der Waals surface area contributed by atoms with Crippen LogP contribution in [0.1, 0.15) is 10.5 Å². The molecule has 126 valence electrons. The molecule has 2 aromatic carbocycles. The molecule has 8 heteroatoms. The highest BCUT2D eigenvalue weighted by Gasteiger charge is 2.18. The number of nitrogens with zero attached hydrogens (tertiary/aromatic N) is 4. The van der Waals surface area contributed by atoms with Crippen molar-refractivity contribution < 1.29 is 4.79 Å². The number of amides is 1. The molecule has 0 aliphatic rings. The number of nitrogens with two attached hydrogens (primary N) is 1. The molecule has 3 aromatic heterocycles. The van der Waals surface area contributed by atoms with E-state index < -0.39 is 5.91 Å². The molecular formula is C18H13N7O. The van der Waals surface area contributed by atoms with Gasteiger partial charge < -0.3 is 10.7 Å². The maximum absolute atomic E-state index is 11.9. The van der Waals surface area contributed by atoms with Crippen LogP contribution in [0.3, 0.4) is 0 Å². The zero-order valence-corrected chi connectivity index (χ0v) is 13.5. The minimum atomic E-state index is -0.566. The van der Waals surface area contributed by atoms with E-state index in [-0.39, 0.29) is 5.69 Å². The Labute approximate surface area is 146 Å². The molecule has 0 spiro atoms. The van der Waals surface area contributed by atoms with E-state index in [0.29, 0.717) is 5.39 Å². The Kier molecular flexibility index (Phi) is 2.93. The molecule has 0 saturated heterocycles. The summed E-state index contributed by atoms with van der Waals surface area (Å²) in [7, 11) is 0. The van der Waals surface area contributed by atoms with E-state index in [9.17, 15) is 4.79 Å². The first-order valence-electron chi connectivity index (χ1n) is 7.97. The summed E-state index contributed by atoms with van der Waals surface area (Å²) in [5.41, 5.74) is 9.18. The minimum Gasteiger partial charge on any atom is -0.364 e. The van der Waals surface area contributed by atoms with E-state index in [4.69, 9.17) is 5.73 Å². The van der Waals surface area contributed by atoms with Gasteiger partial charge >= 0.3 is 0 Å². The predicted molar refractivity (Wildman–Crippen MR) is 96.8 cm³/mol. The fraction of sp³-hybridized carbons (Fsp3) is 0. The summed E-state index contributed by atoms with van der Waals surface area (Å²) in [5.74, 6) is 0.223. The first kappa shape index (κ1) is 14.4. The molecule has 0 fully saturated rings. The zero-order chi connectivity index (χ0) is 17.7. The van der Waals surface area contributed by atoms with Crippen molar-refractivity contribution in [3.8, 4) is 17.1 Å². The highest BCUT2D eigenvalue weighted by atomic mass is 16.1. The van der Waals surface area contributed by atoms with Crippen LogP contribution in [-0.4, -0.2) is 35.9 Å². The smallest absolute Gasteiger partial charge is 0.269 e. The van der Waals surface area contributed by atoms with Crippen LogP contribution in [-0.2, 0) is 0 Å². The number of carbonyl (C=O) groups excluding carboxylic acids is 1. The third-order valence-corrected chi connectivity index (χ3v) is 4.38. The second-order valence-corrected chi connectivity index (χ2v) is 5.90. The van der Waals surface area contributed by atoms with Crippen LogP contribution in [0.5, 0.6) is 0 Å². The van der Waals surface area contributed by atoms with Gasteiger partial charge in [-0.3, -0.25) is 9.89 Å². The van der Waals surface area contributed by atoms with Gasteiger partial charge in [-0.05, 0) is 36.4 Å². The summed E-state index contributed by atoms with van der Waals surface area (Å²) < 4.78 is 1.72. The fourth-order valence-electron chi connectivity index (χ4n) is 3.18. The monoisotopic (exact) mass is 343 g/mol. The Morgan fingerprint density at radius 3 is 2.65 bits per heavy atom.